The summed E-state index contributed by atoms with van der Waals surface area (Å²) in [5, 5.41) is 3.54. The van der Waals surface area contributed by atoms with Crippen molar-refractivity contribution in [2.75, 3.05) is 11.6 Å². The Morgan fingerprint density at radius 2 is 2.12 bits per heavy atom. The molecule has 1 fully saturated rings. The fourth-order valence-electron chi connectivity index (χ4n) is 1.97. The van der Waals surface area contributed by atoms with Gasteiger partial charge in [0.25, 0.3) is 0 Å². The highest BCUT2D eigenvalue weighted by Crippen LogP contribution is 2.34. The molecule has 2 rings (SSSR count). The number of hydrogen-bond donors (Lipinski definition) is 1. The van der Waals surface area contributed by atoms with Crippen LogP contribution in [0.25, 0.3) is 0 Å². The summed E-state index contributed by atoms with van der Waals surface area (Å²) in [5.74, 6) is 1.47. The maximum absolute atomic E-state index is 11.3. The molecule has 0 amide bonds. The number of para-hydroxylation sites is 1. The molecule has 2 unspecified atom stereocenters. The molecule has 3 heteroatoms. The highest BCUT2D eigenvalue weighted by Gasteiger charge is 2.28. The Morgan fingerprint density at radius 1 is 1.44 bits per heavy atom. The fourth-order valence-corrected chi connectivity index (χ4v) is 2.66. The van der Waals surface area contributed by atoms with E-state index in [0.717, 1.165) is 17.2 Å². The van der Waals surface area contributed by atoms with Gasteiger partial charge in [0, 0.05) is 28.8 Å². The van der Waals surface area contributed by atoms with E-state index in [1.807, 2.05) is 12.1 Å². The summed E-state index contributed by atoms with van der Waals surface area (Å²) in [6.07, 6.45) is 4.44. The van der Waals surface area contributed by atoms with Crippen LogP contribution >= 0.6 is 0 Å². The lowest BCUT2D eigenvalue weighted by atomic mass is 10.1. The minimum Gasteiger partial charge on any atom is -0.382 e. The highest BCUT2D eigenvalue weighted by molar-refractivity contribution is 7.83. The maximum Gasteiger partial charge on any atom is 0.0503 e. The van der Waals surface area contributed by atoms with E-state index in [4.69, 9.17) is 0 Å². The molecule has 1 N–H and O–H groups in total. The first-order valence-corrected chi connectivity index (χ1v) is 7.54. The average Bonchev–Trinajstić information content (AvgIpc) is 3.03. The van der Waals surface area contributed by atoms with Crippen LogP contribution in [0.15, 0.2) is 24.3 Å². The number of benzene rings is 1. The first-order valence-electron chi connectivity index (χ1n) is 5.81. The molecule has 0 heterocycles. The molecule has 1 saturated carbocycles. The van der Waals surface area contributed by atoms with Crippen molar-refractivity contribution in [3.63, 3.8) is 0 Å². The predicted molar refractivity (Wildman–Crippen MR) is 70.0 cm³/mol. The molecule has 1 aromatic carbocycles. The van der Waals surface area contributed by atoms with Crippen molar-refractivity contribution in [2.45, 2.75) is 31.6 Å². The summed E-state index contributed by atoms with van der Waals surface area (Å²) in [5.41, 5.74) is 2.31. The van der Waals surface area contributed by atoms with Crippen molar-refractivity contribution in [3.05, 3.63) is 29.8 Å². The Labute approximate surface area is 99.9 Å². The van der Waals surface area contributed by atoms with Gasteiger partial charge in [0.1, 0.15) is 0 Å². The molecule has 0 aliphatic heterocycles. The second-order valence-electron chi connectivity index (χ2n) is 4.65. The SMILES string of the molecule is CC(Nc1ccccc1CS(C)=O)C1CC1. The molecular formula is C13H19NOS. The molecule has 0 saturated heterocycles. The zero-order chi connectivity index (χ0) is 11.5. The Hall–Kier alpha value is -0.830. The van der Waals surface area contributed by atoms with Gasteiger partial charge in [-0.15, -0.1) is 0 Å². The maximum atomic E-state index is 11.3. The minimum absolute atomic E-state index is 0.534. The second-order valence-corrected chi connectivity index (χ2v) is 6.08. The molecule has 88 valence electrons. The van der Waals surface area contributed by atoms with Crippen LogP contribution in [0.4, 0.5) is 5.69 Å². The van der Waals surface area contributed by atoms with Crippen LogP contribution < -0.4 is 5.32 Å². The van der Waals surface area contributed by atoms with Crippen molar-refractivity contribution in [3.8, 4) is 0 Å². The normalized spacial score (nSPS) is 19.1. The lowest BCUT2D eigenvalue weighted by molar-refractivity contribution is 0.685. The minimum atomic E-state index is -0.777. The van der Waals surface area contributed by atoms with E-state index >= 15 is 0 Å². The second kappa shape index (κ2) is 5.00. The molecule has 0 radical (unpaired) electrons. The van der Waals surface area contributed by atoms with Crippen molar-refractivity contribution < 1.29 is 4.21 Å². The summed E-state index contributed by atoms with van der Waals surface area (Å²) in [7, 11) is -0.777. The van der Waals surface area contributed by atoms with E-state index < -0.39 is 10.8 Å². The summed E-state index contributed by atoms with van der Waals surface area (Å²) in [4.78, 5) is 0. The van der Waals surface area contributed by atoms with Crippen LogP contribution in [-0.2, 0) is 16.6 Å². The molecule has 0 spiro atoms. The van der Waals surface area contributed by atoms with Gasteiger partial charge in [-0.2, -0.15) is 0 Å². The van der Waals surface area contributed by atoms with E-state index in [-0.39, 0.29) is 0 Å². The summed E-state index contributed by atoms with van der Waals surface area (Å²) >= 11 is 0. The van der Waals surface area contributed by atoms with Gasteiger partial charge < -0.3 is 5.32 Å². The monoisotopic (exact) mass is 237 g/mol. The Kier molecular flexibility index (Phi) is 3.64. The average molecular weight is 237 g/mol. The van der Waals surface area contributed by atoms with Crippen LogP contribution in [0.1, 0.15) is 25.3 Å². The van der Waals surface area contributed by atoms with Gasteiger partial charge in [-0.1, -0.05) is 18.2 Å². The van der Waals surface area contributed by atoms with Gasteiger partial charge in [-0.25, -0.2) is 0 Å². The highest BCUT2D eigenvalue weighted by atomic mass is 32.2. The standard InChI is InChI=1S/C13H19NOS/c1-10(11-7-8-11)14-13-6-4-3-5-12(13)9-16(2)15/h3-6,10-11,14H,7-9H2,1-2H3. The summed E-state index contributed by atoms with van der Waals surface area (Å²) < 4.78 is 11.3. The first-order chi connectivity index (χ1) is 7.66. The van der Waals surface area contributed by atoms with Crippen molar-refractivity contribution in [2.24, 2.45) is 5.92 Å². The topological polar surface area (TPSA) is 29.1 Å². The number of nitrogens with one attached hydrogen (secondary N) is 1. The van der Waals surface area contributed by atoms with Gasteiger partial charge in [0.15, 0.2) is 0 Å². The van der Waals surface area contributed by atoms with E-state index in [2.05, 4.69) is 24.4 Å². The Bertz CT molecular complexity index is 387. The quantitative estimate of drug-likeness (QED) is 0.853. The predicted octanol–water partition coefficient (Wildman–Crippen LogP) is 2.78. The van der Waals surface area contributed by atoms with E-state index in [1.54, 1.807) is 6.26 Å². The summed E-state index contributed by atoms with van der Waals surface area (Å²) in [6, 6.07) is 8.72. The first kappa shape index (κ1) is 11.6. The molecule has 2 nitrogen and oxygen atoms in total. The van der Waals surface area contributed by atoms with Gasteiger partial charge in [-0.3, -0.25) is 4.21 Å². The molecule has 1 aliphatic rings. The third-order valence-electron chi connectivity index (χ3n) is 3.09. The van der Waals surface area contributed by atoms with E-state index in [0.29, 0.717) is 11.8 Å². The third-order valence-corrected chi connectivity index (χ3v) is 3.81. The van der Waals surface area contributed by atoms with Crippen molar-refractivity contribution >= 4 is 16.5 Å². The van der Waals surface area contributed by atoms with Gasteiger partial charge in [0.2, 0.25) is 0 Å². The zero-order valence-electron chi connectivity index (χ0n) is 9.90. The molecule has 0 bridgehead atoms. The third kappa shape index (κ3) is 3.08. The van der Waals surface area contributed by atoms with Crippen LogP contribution in [-0.4, -0.2) is 16.5 Å². The molecular weight excluding hydrogens is 218 g/mol. The van der Waals surface area contributed by atoms with Crippen LogP contribution in [0.5, 0.6) is 0 Å². The lowest BCUT2D eigenvalue weighted by Gasteiger charge is -2.17. The molecule has 1 aliphatic carbocycles. The zero-order valence-corrected chi connectivity index (χ0v) is 10.7. The lowest BCUT2D eigenvalue weighted by Crippen LogP contribution is -2.18. The Morgan fingerprint density at radius 3 is 2.75 bits per heavy atom. The van der Waals surface area contributed by atoms with Gasteiger partial charge in [0.05, 0.1) is 5.75 Å². The largest absolute Gasteiger partial charge is 0.382 e. The van der Waals surface area contributed by atoms with Crippen molar-refractivity contribution in [1.29, 1.82) is 0 Å². The smallest absolute Gasteiger partial charge is 0.0503 e. The number of anilines is 1. The Balaban J connectivity index is 2.08. The van der Waals surface area contributed by atoms with Gasteiger partial charge in [-0.05, 0) is 37.3 Å². The number of hydrogen-bond acceptors (Lipinski definition) is 2. The van der Waals surface area contributed by atoms with Crippen LogP contribution in [0, 0.1) is 5.92 Å². The number of rotatable bonds is 5. The molecule has 16 heavy (non-hydrogen) atoms. The van der Waals surface area contributed by atoms with Crippen LogP contribution in [0.2, 0.25) is 0 Å². The van der Waals surface area contributed by atoms with Gasteiger partial charge >= 0.3 is 0 Å². The molecule has 0 aromatic heterocycles. The molecule has 2 atom stereocenters. The van der Waals surface area contributed by atoms with E-state index in [9.17, 15) is 4.21 Å². The summed E-state index contributed by atoms with van der Waals surface area (Å²) in [6.45, 7) is 2.23. The molecule has 1 aromatic rings. The fraction of sp³-hybridized carbons (Fsp3) is 0.538. The van der Waals surface area contributed by atoms with E-state index in [1.165, 1.54) is 12.8 Å². The van der Waals surface area contributed by atoms with Crippen molar-refractivity contribution in [1.82, 2.24) is 0 Å². The van der Waals surface area contributed by atoms with Crippen LogP contribution in [0.3, 0.4) is 0 Å².